The van der Waals surface area contributed by atoms with Crippen LogP contribution >= 0.6 is 0 Å². The molecule has 0 bridgehead atoms. The maximum atomic E-state index is 13.5. The van der Waals surface area contributed by atoms with Gasteiger partial charge < -0.3 is 25.5 Å². The van der Waals surface area contributed by atoms with Crippen LogP contribution in [0.15, 0.2) is 29.4 Å². The molecule has 1 aromatic carbocycles. The molecule has 1 unspecified atom stereocenters. The zero-order valence-corrected chi connectivity index (χ0v) is 15.9. The lowest BCUT2D eigenvalue weighted by Gasteiger charge is -2.24. The first-order chi connectivity index (χ1) is 13.2. The summed E-state index contributed by atoms with van der Waals surface area (Å²) in [7, 11) is 0. The van der Waals surface area contributed by atoms with E-state index in [0.29, 0.717) is 26.1 Å². The highest BCUT2D eigenvalue weighted by Gasteiger charge is 2.34. The van der Waals surface area contributed by atoms with Crippen LogP contribution in [0.2, 0.25) is 0 Å². The summed E-state index contributed by atoms with van der Waals surface area (Å²) in [6.45, 7) is 5.66. The Balaban J connectivity index is 1.59. The Bertz CT molecular complexity index is 768. The van der Waals surface area contributed by atoms with E-state index in [-0.39, 0.29) is 17.8 Å². The standard InChI is InChI=1S/C20H29FN4O2/c1-2-22-19(25-13-20(6-9-26)7-10-27-14-20)23-8-5-15-12-24-18-4-3-16(21)11-17(15)18/h3-4,11-12,24,26H,2,5-10,13-14H2,1H3,(H2,22,23,25). The van der Waals surface area contributed by atoms with Gasteiger partial charge in [-0.15, -0.1) is 0 Å². The van der Waals surface area contributed by atoms with Gasteiger partial charge in [-0.25, -0.2) is 4.39 Å². The number of ether oxygens (including phenoxy) is 1. The fourth-order valence-corrected chi connectivity index (χ4v) is 3.55. The molecule has 1 aromatic heterocycles. The number of aliphatic imine (C=N–C) groups is 1. The maximum Gasteiger partial charge on any atom is 0.191 e. The molecular formula is C20H29FN4O2. The lowest BCUT2D eigenvalue weighted by Crippen LogP contribution is -2.39. The number of hydrogen-bond acceptors (Lipinski definition) is 3. The molecule has 1 aliphatic rings. The van der Waals surface area contributed by atoms with Crippen molar-refractivity contribution in [2.45, 2.75) is 26.2 Å². The molecule has 0 spiro atoms. The van der Waals surface area contributed by atoms with Crippen molar-refractivity contribution in [2.24, 2.45) is 10.4 Å². The van der Waals surface area contributed by atoms with Crippen LogP contribution in [-0.4, -0.2) is 55.5 Å². The molecule has 2 heterocycles. The van der Waals surface area contributed by atoms with Gasteiger partial charge in [0.05, 0.1) is 13.2 Å². The first-order valence-corrected chi connectivity index (χ1v) is 9.62. The first kappa shape index (κ1) is 19.6. The van der Waals surface area contributed by atoms with E-state index in [0.717, 1.165) is 48.4 Å². The Morgan fingerprint density at radius 2 is 2.30 bits per heavy atom. The van der Waals surface area contributed by atoms with Crippen LogP contribution in [-0.2, 0) is 11.2 Å². The third-order valence-corrected chi connectivity index (χ3v) is 5.16. The number of aromatic nitrogens is 1. The normalized spacial score (nSPS) is 20.3. The molecular weight excluding hydrogens is 347 g/mol. The van der Waals surface area contributed by atoms with E-state index in [1.807, 2.05) is 13.1 Å². The monoisotopic (exact) mass is 376 g/mol. The van der Waals surface area contributed by atoms with Crippen molar-refractivity contribution in [3.63, 3.8) is 0 Å². The average Bonchev–Trinajstić information content (AvgIpc) is 3.28. The van der Waals surface area contributed by atoms with Crippen LogP contribution in [0.3, 0.4) is 0 Å². The lowest BCUT2D eigenvalue weighted by molar-refractivity contribution is 0.131. The number of nitrogens with zero attached hydrogens (tertiary/aromatic N) is 1. The third kappa shape index (κ3) is 4.99. The molecule has 1 atom stereocenters. The van der Waals surface area contributed by atoms with E-state index in [9.17, 15) is 9.50 Å². The number of nitrogens with one attached hydrogen (secondary N) is 3. The number of halogens is 1. The Morgan fingerprint density at radius 1 is 1.41 bits per heavy atom. The molecule has 3 rings (SSSR count). The SMILES string of the molecule is CCNC(=NCC1(CCO)CCOC1)NCCc1c[nH]c2ccc(F)cc12. The predicted octanol–water partition coefficient (Wildman–Crippen LogP) is 2.19. The minimum absolute atomic E-state index is 0.0640. The molecule has 0 radical (unpaired) electrons. The number of H-pyrrole nitrogens is 1. The van der Waals surface area contributed by atoms with Crippen molar-refractivity contribution in [2.75, 3.05) is 39.5 Å². The molecule has 1 saturated heterocycles. The largest absolute Gasteiger partial charge is 0.396 e. The number of aliphatic hydroxyl groups excluding tert-OH is 1. The highest BCUT2D eigenvalue weighted by Crippen LogP contribution is 2.32. The summed E-state index contributed by atoms with van der Waals surface area (Å²) in [4.78, 5) is 7.90. The Morgan fingerprint density at radius 3 is 3.04 bits per heavy atom. The van der Waals surface area contributed by atoms with E-state index in [1.165, 1.54) is 6.07 Å². The lowest BCUT2D eigenvalue weighted by atomic mass is 9.84. The van der Waals surface area contributed by atoms with Gasteiger partial charge in [0.25, 0.3) is 0 Å². The van der Waals surface area contributed by atoms with Crippen molar-refractivity contribution in [3.8, 4) is 0 Å². The summed E-state index contributed by atoms with van der Waals surface area (Å²) in [5, 5.41) is 16.9. The average molecular weight is 376 g/mol. The number of guanidine groups is 1. The smallest absolute Gasteiger partial charge is 0.191 e. The predicted molar refractivity (Wildman–Crippen MR) is 106 cm³/mol. The Kier molecular flexibility index (Phi) is 6.68. The van der Waals surface area contributed by atoms with Crippen LogP contribution in [0.4, 0.5) is 4.39 Å². The van der Waals surface area contributed by atoms with E-state index in [2.05, 4.69) is 15.6 Å². The van der Waals surface area contributed by atoms with Gasteiger partial charge in [0.1, 0.15) is 5.82 Å². The van der Waals surface area contributed by atoms with Crippen LogP contribution in [0.5, 0.6) is 0 Å². The molecule has 1 aliphatic heterocycles. The van der Waals surface area contributed by atoms with Gasteiger partial charge in [0, 0.05) is 48.8 Å². The first-order valence-electron chi connectivity index (χ1n) is 9.62. The van der Waals surface area contributed by atoms with Crippen LogP contribution < -0.4 is 10.6 Å². The summed E-state index contributed by atoms with van der Waals surface area (Å²) >= 11 is 0. The van der Waals surface area contributed by atoms with Gasteiger partial charge in [-0.1, -0.05) is 0 Å². The summed E-state index contributed by atoms with van der Waals surface area (Å²) in [5.74, 6) is 0.534. The number of fused-ring (bicyclic) bond motifs is 1. The van der Waals surface area contributed by atoms with E-state index in [1.54, 1.807) is 12.1 Å². The van der Waals surface area contributed by atoms with Crippen LogP contribution in [0.1, 0.15) is 25.3 Å². The van der Waals surface area contributed by atoms with Gasteiger partial charge in [-0.2, -0.15) is 0 Å². The minimum Gasteiger partial charge on any atom is -0.396 e. The van der Waals surface area contributed by atoms with Gasteiger partial charge in [-0.05, 0) is 49.9 Å². The quantitative estimate of drug-likeness (QED) is 0.421. The highest BCUT2D eigenvalue weighted by molar-refractivity contribution is 5.83. The number of hydrogen-bond donors (Lipinski definition) is 4. The fourth-order valence-electron chi connectivity index (χ4n) is 3.55. The van der Waals surface area contributed by atoms with Gasteiger partial charge in [0.15, 0.2) is 5.96 Å². The highest BCUT2D eigenvalue weighted by atomic mass is 19.1. The maximum absolute atomic E-state index is 13.5. The second-order valence-electron chi connectivity index (χ2n) is 7.15. The van der Waals surface area contributed by atoms with E-state index < -0.39 is 0 Å². The summed E-state index contributed by atoms with van der Waals surface area (Å²) in [6.07, 6.45) is 4.33. The zero-order chi connectivity index (χ0) is 19.1. The topological polar surface area (TPSA) is 81.7 Å². The second kappa shape index (κ2) is 9.19. The molecule has 7 heteroatoms. The van der Waals surface area contributed by atoms with Crippen molar-refractivity contribution >= 4 is 16.9 Å². The Labute approximate surface area is 159 Å². The number of rotatable bonds is 8. The number of benzene rings is 1. The second-order valence-corrected chi connectivity index (χ2v) is 7.15. The molecule has 0 saturated carbocycles. The summed E-state index contributed by atoms with van der Waals surface area (Å²) in [5.41, 5.74) is 1.96. The molecule has 148 valence electrons. The van der Waals surface area contributed by atoms with E-state index in [4.69, 9.17) is 9.73 Å². The van der Waals surface area contributed by atoms with Crippen molar-refractivity contribution in [1.29, 1.82) is 0 Å². The number of aliphatic hydroxyl groups is 1. The van der Waals surface area contributed by atoms with E-state index >= 15 is 0 Å². The van der Waals surface area contributed by atoms with Gasteiger partial charge >= 0.3 is 0 Å². The number of aromatic amines is 1. The Hall–Kier alpha value is -2.12. The molecule has 0 aliphatic carbocycles. The summed E-state index contributed by atoms with van der Waals surface area (Å²) < 4.78 is 19.0. The third-order valence-electron chi connectivity index (χ3n) is 5.16. The molecule has 6 nitrogen and oxygen atoms in total. The van der Waals surface area contributed by atoms with Crippen molar-refractivity contribution in [1.82, 2.24) is 15.6 Å². The van der Waals surface area contributed by atoms with Crippen LogP contribution in [0, 0.1) is 11.2 Å². The zero-order valence-electron chi connectivity index (χ0n) is 15.9. The molecule has 2 aromatic rings. The van der Waals surface area contributed by atoms with Crippen molar-refractivity contribution in [3.05, 3.63) is 35.8 Å². The van der Waals surface area contributed by atoms with Gasteiger partial charge in [-0.3, -0.25) is 4.99 Å². The summed E-state index contributed by atoms with van der Waals surface area (Å²) in [6, 6.07) is 4.79. The molecule has 4 N–H and O–H groups in total. The van der Waals surface area contributed by atoms with Crippen LogP contribution in [0.25, 0.3) is 10.9 Å². The molecule has 1 fully saturated rings. The minimum atomic E-state index is -0.223. The van der Waals surface area contributed by atoms with Gasteiger partial charge in [0.2, 0.25) is 0 Å². The fraction of sp³-hybridized carbons (Fsp3) is 0.550. The molecule has 27 heavy (non-hydrogen) atoms. The molecule has 0 amide bonds. The van der Waals surface area contributed by atoms with Crippen molar-refractivity contribution < 1.29 is 14.2 Å².